The summed E-state index contributed by atoms with van der Waals surface area (Å²) in [7, 11) is 0. The first kappa shape index (κ1) is 17.9. The normalized spacial score (nSPS) is 25.4. The van der Waals surface area contributed by atoms with Gasteiger partial charge in [0.05, 0.1) is 31.6 Å². The molecular formula is C21H30N2O3. The van der Waals surface area contributed by atoms with Crippen molar-refractivity contribution < 1.29 is 14.3 Å². The van der Waals surface area contributed by atoms with Crippen LogP contribution < -0.4 is 0 Å². The van der Waals surface area contributed by atoms with Crippen LogP contribution in [0.5, 0.6) is 0 Å². The summed E-state index contributed by atoms with van der Waals surface area (Å²) >= 11 is 0. The Morgan fingerprint density at radius 2 is 2.15 bits per heavy atom. The lowest BCUT2D eigenvalue weighted by Gasteiger charge is -2.41. The third kappa shape index (κ3) is 3.94. The zero-order valence-corrected chi connectivity index (χ0v) is 15.8. The van der Waals surface area contributed by atoms with Crippen LogP contribution in [0.25, 0.3) is 0 Å². The largest absolute Gasteiger partial charge is 0.375 e. The predicted molar refractivity (Wildman–Crippen MR) is 98.6 cm³/mol. The molecule has 1 aromatic heterocycles. The molecule has 0 aromatic carbocycles. The van der Waals surface area contributed by atoms with Crippen LogP contribution in [-0.4, -0.2) is 48.2 Å². The molecule has 0 unspecified atom stereocenters. The number of hydrogen-bond donors (Lipinski definition) is 0. The topological polar surface area (TPSA) is 51.7 Å². The lowest BCUT2D eigenvalue weighted by Crippen LogP contribution is -2.46. The molecule has 1 atom stereocenters. The summed E-state index contributed by atoms with van der Waals surface area (Å²) in [6.45, 7) is 5.78. The molecule has 26 heavy (non-hydrogen) atoms. The van der Waals surface area contributed by atoms with E-state index in [1.165, 1.54) is 6.42 Å². The van der Waals surface area contributed by atoms with Gasteiger partial charge in [-0.2, -0.15) is 0 Å². The second kappa shape index (κ2) is 7.65. The van der Waals surface area contributed by atoms with Gasteiger partial charge in [-0.1, -0.05) is 12.5 Å². The molecule has 1 saturated carbocycles. The zero-order valence-electron chi connectivity index (χ0n) is 15.8. The van der Waals surface area contributed by atoms with Crippen LogP contribution in [0.3, 0.4) is 0 Å². The number of piperidine rings is 1. The Hall–Kier alpha value is -1.46. The molecule has 1 amide bonds. The van der Waals surface area contributed by atoms with Crippen molar-refractivity contribution in [3.8, 4) is 0 Å². The molecule has 5 heteroatoms. The predicted octanol–water partition coefficient (Wildman–Crippen LogP) is 3.10. The molecule has 142 valence electrons. The van der Waals surface area contributed by atoms with Gasteiger partial charge < -0.3 is 14.4 Å². The van der Waals surface area contributed by atoms with Gasteiger partial charge in [-0.3, -0.25) is 9.78 Å². The third-order valence-corrected chi connectivity index (χ3v) is 6.38. The highest BCUT2D eigenvalue weighted by molar-refractivity contribution is 5.79. The highest BCUT2D eigenvalue weighted by atomic mass is 16.5. The SMILES string of the molecule is Cc1cccc(COC[C@@H]2CC3(CCN(C(=O)C4CCC4)CC3)CO2)n1. The molecule has 0 radical (unpaired) electrons. The van der Waals surface area contributed by atoms with E-state index in [0.717, 1.165) is 63.2 Å². The van der Waals surface area contributed by atoms with Gasteiger partial charge in [0.25, 0.3) is 0 Å². The molecule has 0 bridgehead atoms. The minimum atomic E-state index is 0.175. The van der Waals surface area contributed by atoms with Gasteiger partial charge in [-0.25, -0.2) is 0 Å². The van der Waals surface area contributed by atoms with Crippen LogP contribution in [0.4, 0.5) is 0 Å². The Morgan fingerprint density at radius 1 is 1.35 bits per heavy atom. The van der Waals surface area contributed by atoms with Gasteiger partial charge in [0.2, 0.25) is 5.91 Å². The quantitative estimate of drug-likeness (QED) is 0.812. The molecule has 3 fully saturated rings. The van der Waals surface area contributed by atoms with Crippen molar-refractivity contribution >= 4 is 5.91 Å². The van der Waals surface area contributed by atoms with Crippen molar-refractivity contribution in [3.05, 3.63) is 29.6 Å². The lowest BCUT2D eigenvalue weighted by atomic mass is 9.76. The first-order valence-corrected chi connectivity index (χ1v) is 10.0. The number of rotatable bonds is 5. The summed E-state index contributed by atoms with van der Waals surface area (Å²) in [5.74, 6) is 0.718. The molecule has 5 nitrogen and oxygen atoms in total. The Kier molecular flexibility index (Phi) is 5.28. The van der Waals surface area contributed by atoms with E-state index in [-0.39, 0.29) is 11.5 Å². The summed E-state index contributed by atoms with van der Waals surface area (Å²) < 4.78 is 11.9. The van der Waals surface area contributed by atoms with Crippen LogP contribution in [0.2, 0.25) is 0 Å². The van der Waals surface area contributed by atoms with E-state index in [4.69, 9.17) is 9.47 Å². The number of ether oxygens (including phenoxy) is 2. The van der Waals surface area contributed by atoms with E-state index in [9.17, 15) is 4.79 Å². The van der Waals surface area contributed by atoms with E-state index in [0.29, 0.717) is 25.0 Å². The summed E-state index contributed by atoms with van der Waals surface area (Å²) in [5, 5.41) is 0. The Morgan fingerprint density at radius 3 is 2.85 bits per heavy atom. The van der Waals surface area contributed by atoms with Crippen molar-refractivity contribution in [1.82, 2.24) is 9.88 Å². The van der Waals surface area contributed by atoms with Crippen molar-refractivity contribution in [2.24, 2.45) is 11.3 Å². The average molecular weight is 358 g/mol. The number of pyridine rings is 1. The molecule has 3 aliphatic rings. The van der Waals surface area contributed by atoms with Gasteiger partial charge in [-0.05, 0) is 56.6 Å². The highest BCUT2D eigenvalue weighted by Crippen LogP contribution is 2.42. The van der Waals surface area contributed by atoms with Crippen LogP contribution in [0.1, 0.15) is 49.9 Å². The minimum absolute atomic E-state index is 0.175. The van der Waals surface area contributed by atoms with Gasteiger partial charge in [0.15, 0.2) is 0 Å². The molecule has 1 aliphatic carbocycles. The monoisotopic (exact) mass is 358 g/mol. The molecule has 0 N–H and O–H groups in total. The van der Waals surface area contributed by atoms with Crippen LogP contribution >= 0.6 is 0 Å². The number of carbonyl (C=O) groups is 1. The van der Waals surface area contributed by atoms with Crippen LogP contribution in [-0.2, 0) is 20.9 Å². The smallest absolute Gasteiger partial charge is 0.225 e. The van der Waals surface area contributed by atoms with Gasteiger partial charge in [0, 0.05) is 24.7 Å². The summed E-state index contributed by atoms with van der Waals surface area (Å²) in [6, 6.07) is 6.01. The maximum Gasteiger partial charge on any atom is 0.225 e. The fraction of sp³-hybridized carbons (Fsp3) is 0.714. The summed E-state index contributed by atoms with van der Waals surface area (Å²) in [6.07, 6.45) is 6.79. The molecule has 2 saturated heterocycles. The molecule has 3 heterocycles. The second-order valence-electron chi connectivity index (χ2n) is 8.38. The van der Waals surface area contributed by atoms with E-state index < -0.39 is 0 Å². The molecule has 4 rings (SSSR count). The number of hydrogen-bond acceptors (Lipinski definition) is 4. The van der Waals surface area contributed by atoms with E-state index >= 15 is 0 Å². The van der Waals surface area contributed by atoms with Crippen molar-refractivity contribution in [2.75, 3.05) is 26.3 Å². The Balaban J connectivity index is 1.20. The van der Waals surface area contributed by atoms with Crippen molar-refractivity contribution in [2.45, 2.75) is 58.2 Å². The average Bonchev–Trinajstić information content (AvgIpc) is 2.97. The number of nitrogens with zero attached hydrogens (tertiary/aromatic N) is 2. The first-order chi connectivity index (χ1) is 12.6. The molecule has 2 aliphatic heterocycles. The maximum absolute atomic E-state index is 12.4. The second-order valence-corrected chi connectivity index (χ2v) is 8.38. The standard InChI is InChI=1S/C21H30N2O3/c1-16-4-2-7-18(22-16)13-25-14-19-12-21(15-26-19)8-10-23(11-9-21)20(24)17-5-3-6-17/h2,4,7,17,19H,3,5-6,8-15H2,1H3/t19-/m0/s1. The maximum atomic E-state index is 12.4. The fourth-order valence-corrected chi connectivity index (χ4v) is 4.44. The van der Waals surface area contributed by atoms with Crippen LogP contribution in [0, 0.1) is 18.3 Å². The summed E-state index contributed by atoms with van der Waals surface area (Å²) in [4.78, 5) is 19.0. The van der Waals surface area contributed by atoms with Crippen molar-refractivity contribution in [3.63, 3.8) is 0 Å². The summed E-state index contributed by atoms with van der Waals surface area (Å²) in [5.41, 5.74) is 2.25. The van der Waals surface area contributed by atoms with E-state index in [1.807, 2.05) is 25.1 Å². The lowest BCUT2D eigenvalue weighted by molar-refractivity contribution is -0.140. The highest BCUT2D eigenvalue weighted by Gasteiger charge is 2.44. The zero-order chi connectivity index (χ0) is 18.0. The number of aromatic nitrogens is 1. The van der Waals surface area contributed by atoms with Crippen molar-refractivity contribution in [1.29, 1.82) is 0 Å². The third-order valence-electron chi connectivity index (χ3n) is 6.38. The van der Waals surface area contributed by atoms with E-state index in [1.54, 1.807) is 0 Å². The molecular weight excluding hydrogens is 328 g/mol. The fourth-order valence-electron chi connectivity index (χ4n) is 4.44. The minimum Gasteiger partial charge on any atom is -0.375 e. The number of carbonyl (C=O) groups excluding carboxylic acids is 1. The van der Waals surface area contributed by atoms with Gasteiger partial charge in [-0.15, -0.1) is 0 Å². The Bertz CT molecular complexity index is 636. The number of aryl methyl sites for hydroxylation is 1. The number of likely N-dealkylation sites (tertiary alicyclic amines) is 1. The number of amides is 1. The van der Waals surface area contributed by atoms with Crippen LogP contribution in [0.15, 0.2) is 18.2 Å². The Labute approximate surface area is 156 Å². The van der Waals surface area contributed by atoms with Gasteiger partial charge in [0.1, 0.15) is 0 Å². The molecule has 1 aromatic rings. The molecule has 1 spiro atoms. The van der Waals surface area contributed by atoms with E-state index in [2.05, 4.69) is 9.88 Å². The van der Waals surface area contributed by atoms with Gasteiger partial charge >= 0.3 is 0 Å². The first-order valence-electron chi connectivity index (χ1n) is 10.0.